The van der Waals surface area contributed by atoms with Gasteiger partial charge in [-0.3, -0.25) is 19.2 Å². The lowest BCUT2D eigenvalue weighted by atomic mass is 10.2. The van der Waals surface area contributed by atoms with Crippen LogP contribution in [-0.2, 0) is 16.6 Å². The molecule has 1 aliphatic rings. The standard InChI is InChI=1S/C31H35ClN6O6/c1-7-42-24-16-13-19(32)17-21(24)27-34-35-28(43-27)23-15-14-22(37(23)30(41)44-31(3,4)5)26(39)33-25-18(2)36(6)38(29(25)40)20-11-9-8-10-12-20/h8-13,16-17,22-23H,7,14-15H2,1-6H3,(H,33,39)/t22-,23+/m0/s1. The van der Waals surface area contributed by atoms with Crippen LogP contribution in [0.1, 0.15) is 58.2 Å². The number of aromatic nitrogens is 4. The number of halogens is 1. The first-order valence-electron chi connectivity index (χ1n) is 14.3. The van der Waals surface area contributed by atoms with Crippen molar-refractivity contribution in [2.45, 2.75) is 65.1 Å². The summed E-state index contributed by atoms with van der Waals surface area (Å²) in [6.07, 6.45) is -0.105. The van der Waals surface area contributed by atoms with Crippen LogP contribution in [0.2, 0.25) is 5.02 Å². The average Bonchev–Trinajstić information content (AvgIpc) is 3.68. The van der Waals surface area contributed by atoms with Crippen molar-refractivity contribution in [1.29, 1.82) is 0 Å². The van der Waals surface area contributed by atoms with Crippen LogP contribution in [0.25, 0.3) is 17.1 Å². The van der Waals surface area contributed by atoms with E-state index < -0.39 is 35.2 Å². The molecule has 1 N–H and O–H groups in total. The predicted octanol–water partition coefficient (Wildman–Crippen LogP) is 5.67. The highest BCUT2D eigenvalue weighted by atomic mass is 35.5. The van der Waals surface area contributed by atoms with Gasteiger partial charge >= 0.3 is 6.09 Å². The summed E-state index contributed by atoms with van der Waals surface area (Å²) in [5.74, 6) is 0.270. The van der Waals surface area contributed by atoms with Crippen LogP contribution in [-0.4, -0.2) is 54.7 Å². The molecule has 2 amide bonds. The largest absolute Gasteiger partial charge is 0.493 e. The number of amides is 2. The van der Waals surface area contributed by atoms with Crippen molar-refractivity contribution in [3.05, 3.63) is 75.5 Å². The number of nitrogens with one attached hydrogen (secondary N) is 1. The van der Waals surface area contributed by atoms with E-state index in [9.17, 15) is 14.4 Å². The fourth-order valence-corrected chi connectivity index (χ4v) is 5.40. The van der Waals surface area contributed by atoms with Gasteiger partial charge in [-0.05, 0) is 77.8 Å². The van der Waals surface area contributed by atoms with Crippen molar-refractivity contribution in [3.8, 4) is 22.9 Å². The zero-order valence-electron chi connectivity index (χ0n) is 25.5. The van der Waals surface area contributed by atoms with E-state index in [1.807, 2.05) is 25.1 Å². The van der Waals surface area contributed by atoms with E-state index in [1.165, 1.54) is 9.58 Å². The van der Waals surface area contributed by atoms with Crippen molar-refractivity contribution in [2.24, 2.45) is 7.05 Å². The first-order chi connectivity index (χ1) is 20.9. The second-order valence-electron chi connectivity index (χ2n) is 11.4. The number of anilines is 1. The van der Waals surface area contributed by atoms with Crippen LogP contribution >= 0.6 is 11.6 Å². The van der Waals surface area contributed by atoms with Gasteiger partial charge in [0.05, 0.1) is 23.6 Å². The molecule has 2 aromatic heterocycles. The molecular formula is C31H35ClN6O6. The summed E-state index contributed by atoms with van der Waals surface area (Å²) in [5.41, 5.74) is 0.605. The van der Waals surface area contributed by atoms with Crippen LogP contribution in [0.15, 0.2) is 57.7 Å². The fourth-order valence-electron chi connectivity index (χ4n) is 5.23. The van der Waals surface area contributed by atoms with Crippen molar-refractivity contribution >= 4 is 29.3 Å². The Kier molecular flexibility index (Phi) is 8.55. The molecule has 4 aromatic rings. The van der Waals surface area contributed by atoms with Crippen molar-refractivity contribution in [2.75, 3.05) is 11.9 Å². The zero-order valence-corrected chi connectivity index (χ0v) is 26.2. The first kappa shape index (κ1) is 30.9. The normalized spacial score (nSPS) is 16.7. The van der Waals surface area contributed by atoms with Gasteiger partial charge in [-0.15, -0.1) is 10.2 Å². The third kappa shape index (κ3) is 6.07. The molecule has 0 bridgehead atoms. The summed E-state index contributed by atoms with van der Waals surface area (Å²) in [4.78, 5) is 42.1. The number of para-hydroxylation sites is 1. The van der Waals surface area contributed by atoms with Gasteiger partial charge < -0.3 is 19.2 Å². The third-order valence-corrected chi connectivity index (χ3v) is 7.53. The van der Waals surface area contributed by atoms with Gasteiger partial charge in [-0.25, -0.2) is 9.48 Å². The van der Waals surface area contributed by atoms with E-state index in [2.05, 4.69) is 15.5 Å². The maximum Gasteiger partial charge on any atom is 0.411 e. The monoisotopic (exact) mass is 622 g/mol. The average molecular weight is 623 g/mol. The van der Waals surface area contributed by atoms with Crippen LogP contribution in [0.4, 0.5) is 10.5 Å². The Morgan fingerprint density at radius 3 is 2.52 bits per heavy atom. The van der Waals surface area contributed by atoms with E-state index in [1.54, 1.807) is 69.8 Å². The zero-order chi connectivity index (χ0) is 31.8. The molecule has 0 aliphatic carbocycles. The van der Waals surface area contributed by atoms with Crippen LogP contribution in [0, 0.1) is 6.92 Å². The van der Waals surface area contributed by atoms with Gasteiger partial charge in [-0.2, -0.15) is 0 Å². The summed E-state index contributed by atoms with van der Waals surface area (Å²) in [5, 5.41) is 11.7. The number of carbonyl (C=O) groups is 2. The number of benzene rings is 2. The highest BCUT2D eigenvalue weighted by Crippen LogP contribution is 2.39. The minimum absolute atomic E-state index is 0.124. The minimum Gasteiger partial charge on any atom is -0.493 e. The molecule has 0 unspecified atom stereocenters. The molecule has 1 saturated heterocycles. The molecule has 13 heteroatoms. The first-order valence-corrected chi connectivity index (χ1v) is 14.7. The number of hydrogen-bond donors (Lipinski definition) is 1. The van der Waals surface area contributed by atoms with E-state index in [4.69, 9.17) is 25.5 Å². The number of carbonyl (C=O) groups excluding carboxylic acids is 2. The van der Waals surface area contributed by atoms with Gasteiger partial charge in [0.25, 0.3) is 11.4 Å². The molecule has 1 fully saturated rings. The summed E-state index contributed by atoms with van der Waals surface area (Å²) >= 11 is 6.23. The molecule has 2 aromatic carbocycles. The number of likely N-dealkylation sites (tertiary alicyclic amines) is 1. The molecule has 0 saturated carbocycles. The van der Waals surface area contributed by atoms with Crippen LogP contribution in [0.5, 0.6) is 5.75 Å². The van der Waals surface area contributed by atoms with Gasteiger partial charge in [0.15, 0.2) is 0 Å². The maximum absolute atomic E-state index is 13.8. The van der Waals surface area contributed by atoms with E-state index in [0.717, 1.165) is 0 Å². The van der Waals surface area contributed by atoms with Gasteiger partial charge in [0, 0.05) is 12.1 Å². The molecule has 232 valence electrons. The summed E-state index contributed by atoms with van der Waals surface area (Å²) in [7, 11) is 1.74. The van der Waals surface area contributed by atoms with Gasteiger partial charge in [-0.1, -0.05) is 29.8 Å². The predicted molar refractivity (Wildman–Crippen MR) is 164 cm³/mol. The lowest BCUT2D eigenvalue weighted by Crippen LogP contribution is -2.46. The Morgan fingerprint density at radius 2 is 1.84 bits per heavy atom. The van der Waals surface area contributed by atoms with Gasteiger partial charge in [0.2, 0.25) is 11.8 Å². The lowest BCUT2D eigenvalue weighted by Gasteiger charge is -2.30. The number of hydrogen-bond acceptors (Lipinski definition) is 8. The summed E-state index contributed by atoms with van der Waals surface area (Å²) in [6, 6.07) is 12.5. The van der Waals surface area contributed by atoms with E-state index >= 15 is 0 Å². The highest BCUT2D eigenvalue weighted by Gasteiger charge is 2.46. The van der Waals surface area contributed by atoms with Crippen LogP contribution in [0.3, 0.4) is 0 Å². The molecule has 0 spiro atoms. The van der Waals surface area contributed by atoms with Crippen molar-refractivity contribution in [3.63, 3.8) is 0 Å². The Balaban J connectivity index is 1.47. The van der Waals surface area contributed by atoms with E-state index in [-0.39, 0.29) is 23.9 Å². The summed E-state index contributed by atoms with van der Waals surface area (Å²) < 4.78 is 20.6. The summed E-state index contributed by atoms with van der Waals surface area (Å²) in [6.45, 7) is 9.23. The van der Waals surface area contributed by atoms with Crippen molar-refractivity contribution < 1.29 is 23.5 Å². The molecule has 5 rings (SSSR count). The molecule has 0 radical (unpaired) electrons. The fraction of sp³-hybridized carbons (Fsp3) is 0.387. The quantitative estimate of drug-likeness (QED) is 0.279. The second kappa shape index (κ2) is 12.2. The Hall–Kier alpha value is -4.58. The van der Waals surface area contributed by atoms with Gasteiger partial charge in [0.1, 0.15) is 29.1 Å². The minimum atomic E-state index is -0.973. The highest BCUT2D eigenvalue weighted by molar-refractivity contribution is 6.30. The Labute approximate surface area is 259 Å². The number of ether oxygens (including phenoxy) is 2. The number of nitrogens with zero attached hydrogens (tertiary/aromatic N) is 5. The maximum atomic E-state index is 13.8. The molecule has 3 heterocycles. The van der Waals surface area contributed by atoms with E-state index in [0.29, 0.717) is 40.7 Å². The third-order valence-electron chi connectivity index (χ3n) is 7.29. The SMILES string of the molecule is CCOc1ccc(Cl)cc1-c1nnc([C@H]2CC[C@@H](C(=O)Nc3c(C)n(C)n(-c4ccccc4)c3=O)N2C(=O)OC(C)(C)C)o1. The smallest absolute Gasteiger partial charge is 0.411 e. The molecule has 44 heavy (non-hydrogen) atoms. The molecule has 2 atom stereocenters. The number of rotatable bonds is 7. The van der Waals surface area contributed by atoms with Crippen molar-refractivity contribution in [1.82, 2.24) is 24.5 Å². The molecular weight excluding hydrogens is 588 g/mol. The second-order valence-corrected chi connectivity index (χ2v) is 11.9. The Morgan fingerprint density at radius 1 is 1.11 bits per heavy atom. The van der Waals surface area contributed by atoms with Crippen LogP contribution < -0.4 is 15.6 Å². The lowest BCUT2D eigenvalue weighted by molar-refractivity contribution is -0.121. The Bertz CT molecular complexity index is 1740. The molecule has 1 aliphatic heterocycles. The topological polar surface area (TPSA) is 134 Å². The molecule has 12 nitrogen and oxygen atoms in total.